The summed E-state index contributed by atoms with van der Waals surface area (Å²) in [6.07, 6.45) is 1.64. The van der Waals surface area contributed by atoms with E-state index in [0.29, 0.717) is 22.3 Å². The van der Waals surface area contributed by atoms with E-state index >= 15 is 0 Å². The van der Waals surface area contributed by atoms with Crippen LogP contribution in [0.3, 0.4) is 0 Å². The summed E-state index contributed by atoms with van der Waals surface area (Å²) in [5.74, 6) is 1.23. The van der Waals surface area contributed by atoms with Crippen LogP contribution in [0.15, 0.2) is 34.2 Å². The maximum atomic E-state index is 12.1. The lowest BCUT2D eigenvalue weighted by atomic mass is 10.2. The first-order valence-electron chi connectivity index (χ1n) is 7.56. The molecule has 0 atom stereocenters. The van der Waals surface area contributed by atoms with Crippen molar-refractivity contribution in [3.05, 3.63) is 40.3 Å². The molecule has 0 unspecified atom stereocenters. The Morgan fingerprint density at radius 1 is 1.33 bits per heavy atom. The lowest BCUT2D eigenvalue weighted by Gasteiger charge is -2.06. The average molecular weight is 347 g/mol. The van der Waals surface area contributed by atoms with Crippen LogP contribution in [-0.4, -0.2) is 28.4 Å². The Kier molecular flexibility index (Phi) is 5.05. The van der Waals surface area contributed by atoms with Crippen LogP contribution in [0.4, 0.5) is 5.69 Å². The first-order valence-corrected chi connectivity index (χ1v) is 8.55. The van der Waals surface area contributed by atoms with Gasteiger partial charge in [0.1, 0.15) is 0 Å². The molecule has 2 aromatic rings. The number of nitrogens with zero attached hydrogens (tertiary/aromatic N) is 1. The summed E-state index contributed by atoms with van der Waals surface area (Å²) in [5.41, 5.74) is 1.16. The Labute approximate surface area is 142 Å². The fourth-order valence-electron chi connectivity index (χ4n) is 2.24. The summed E-state index contributed by atoms with van der Waals surface area (Å²) in [6.45, 7) is 2.21. The molecule has 0 spiro atoms. The van der Waals surface area contributed by atoms with Gasteiger partial charge in [0, 0.05) is 23.5 Å². The monoisotopic (exact) mass is 347 g/mol. The minimum atomic E-state index is -0.202. The number of thioether (sulfide) groups is 1. The van der Waals surface area contributed by atoms with Gasteiger partial charge in [-0.3, -0.25) is 9.59 Å². The van der Waals surface area contributed by atoms with E-state index in [-0.39, 0.29) is 24.0 Å². The summed E-state index contributed by atoms with van der Waals surface area (Å²) < 4.78 is 10.5. The van der Waals surface area contributed by atoms with Gasteiger partial charge in [-0.05, 0) is 18.6 Å². The van der Waals surface area contributed by atoms with Gasteiger partial charge < -0.3 is 19.8 Å². The van der Waals surface area contributed by atoms with Crippen molar-refractivity contribution in [2.45, 2.75) is 24.9 Å². The van der Waals surface area contributed by atoms with Gasteiger partial charge in [-0.1, -0.05) is 25.1 Å². The largest absolute Gasteiger partial charge is 0.454 e. The highest BCUT2D eigenvalue weighted by Gasteiger charge is 2.14. The maximum absolute atomic E-state index is 12.1. The number of carbonyl (C=O) groups excluding carboxylic acids is 1. The molecule has 1 aromatic carbocycles. The minimum Gasteiger partial charge on any atom is -0.454 e. The molecular formula is C16H17N3O4S. The van der Waals surface area contributed by atoms with Crippen LogP contribution in [-0.2, 0) is 11.2 Å². The highest BCUT2D eigenvalue weighted by Crippen LogP contribution is 2.34. The number of H-pyrrole nitrogens is 1. The molecule has 0 saturated carbocycles. The molecule has 0 bridgehead atoms. The highest BCUT2D eigenvalue weighted by molar-refractivity contribution is 7.99. The molecule has 126 valence electrons. The average Bonchev–Trinajstić information content (AvgIpc) is 3.00. The summed E-state index contributed by atoms with van der Waals surface area (Å²) in [7, 11) is 0. The fourth-order valence-corrected chi connectivity index (χ4v) is 2.94. The van der Waals surface area contributed by atoms with E-state index in [0.717, 1.165) is 18.5 Å². The van der Waals surface area contributed by atoms with Crippen molar-refractivity contribution in [3.63, 3.8) is 0 Å². The lowest BCUT2D eigenvalue weighted by Crippen LogP contribution is -2.15. The van der Waals surface area contributed by atoms with Gasteiger partial charge in [0.2, 0.25) is 12.7 Å². The smallest absolute Gasteiger partial charge is 0.251 e. The van der Waals surface area contributed by atoms with Crippen LogP contribution >= 0.6 is 11.8 Å². The van der Waals surface area contributed by atoms with Gasteiger partial charge in [0.15, 0.2) is 16.7 Å². The number of rotatable bonds is 6. The first kappa shape index (κ1) is 16.4. The normalized spacial score (nSPS) is 12.2. The number of anilines is 1. The predicted octanol–water partition coefficient (Wildman–Crippen LogP) is 2.18. The van der Waals surface area contributed by atoms with E-state index in [1.165, 1.54) is 17.8 Å². The third-order valence-corrected chi connectivity index (χ3v) is 4.15. The van der Waals surface area contributed by atoms with Crippen molar-refractivity contribution >= 4 is 23.4 Å². The summed E-state index contributed by atoms with van der Waals surface area (Å²) in [6, 6.07) is 6.70. The van der Waals surface area contributed by atoms with Crippen LogP contribution in [0.25, 0.3) is 0 Å². The van der Waals surface area contributed by atoms with E-state index < -0.39 is 0 Å². The highest BCUT2D eigenvalue weighted by atomic mass is 32.2. The Bertz CT molecular complexity index is 806. The van der Waals surface area contributed by atoms with Crippen molar-refractivity contribution in [2.24, 2.45) is 0 Å². The zero-order valence-electron chi connectivity index (χ0n) is 13.1. The standard InChI is InChI=1S/C16H17N3O4S/c1-2-3-10-7-14(20)19-16(18-10)24-8-15(21)17-11-4-5-12-13(6-11)23-9-22-12/h4-7H,2-3,8-9H2,1H3,(H,17,21)(H,18,19,20). The zero-order valence-corrected chi connectivity index (χ0v) is 13.9. The molecule has 2 N–H and O–H groups in total. The molecule has 7 nitrogen and oxygen atoms in total. The Balaban J connectivity index is 1.58. The number of aryl methyl sites for hydroxylation is 1. The van der Waals surface area contributed by atoms with E-state index in [1.807, 2.05) is 6.92 Å². The SMILES string of the molecule is CCCc1cc(=O)[nH]c(SCC(=O)Nc2ccc3c(c2)OCO3)n1. The Hall–Kier alpha value is -2.48. The molecule has 1 aliphatic heterocycles. The molecular weight excluding hydrogens is 330 g/mol. The van der Waals surface area contributed by atoms with Gasteiger partial charge in [-0.15, -0.1) is 0 Å². The summed E-state index contributed by atoms with van der Waals surface area (Å²) in [4.78, 5) is 30.6. The van der Waals surface area contributed by atoms with E-state index in [4.69, 9.17) is 9.47 Å². The topological polar surface area (TPSA) is 93.3 Å². The van der Waals surface area contributed by atoms with Gasteiger partial charge >= 0.3 is 0 Å². The Morgan fingerprint density at radius 3 is 3.00 bits per heavy atom. The third kappa shape index (κ3) is 4.08. The molecule has 0 saturated heterocycles. The fraction of sp³-hybridized carbons (Fsp3) is 0.312. The molecule has 1 aliphatic rings. The molecule has 3 rings (SSSR count). The molecule has 0 aliphatic carbocycles. The van der Waals surface area contributed by atoms with E-state index in [2.05, 4.69) is 15.3 Å². The number of aromatic amines is 1. The van der Waals surface area contributed by atoms with Gasteiger partial charge in [0.25, 0.3) is 5.56 Å². The first-order chi connectivity index (χ1) is 11.6. The summed E-state index contributed by atoms with van der Waals surface area (Å²) in [5, 5.41) is 3.23. The molecule has 0 radical (unpaired) electrons. The van der Waals surface area contributed by atoms with Gasteiger partial charge in [-0.2, -0.15) is 0 Å². The van der Waals surface area contributed by atoms with Crippen LogP contribution in [0.5, 0.6) is 11.5 Å². The second kappa shape index (κ2) is 7.39. The number of aromatic nitrogens is 2. The van der Waals surface area contributed by atoms with Crippen molar-refractivity contribution in [1.29, 1.82) is 0 Å². The van der Waals surface area contributed by atoms with Crippen molar-refractivity contribution in [1.82, 2.24) is 9.97 Å². The van der Waals surface area contributed by atoms with Crippen LogP contribution in [0.1, 0.15) is 19.0 Å². The number of fused-ring (bicyclic) bond motifs is 1. The Morgan fingerprint density at radius 2 is 2.17 bits per heavy atom. The predicted molar refractivity (Wildman–Crippen MR) is 90.8 cm³/mol. The minimum absolute atomic E-state index is 0.146. The van der Waals surface area contributed by atoms with E-state index in [9.17, 15) is 9.59 Å². The molecule has 1 amide bonds. The van der Waals surface area contributed by atoms with Crippen molar-refractivity contribution in [3.8, 4) is 11.5 Å². The van der Waals surface area contributed by atoms with E-state index in [1.54, 1.807) is 18.2 Å². The number of hydrogen-bond donors (Lipinski definition) is 2. The summed E-state index contributed by atoms with van der Waals surface area (Å²) >= 11 is 1.19. The molecule has 0 fully saturated rings. The lowest BCUT2D eigenvalue weighted by molar-refractivity contribution is -0.113. The second-order valence-electron chi connectivity index (χ2n) is 5.20. The van der Waals surface area contributed by atoms with Crippen molar-refractivity contribution in [2.75, 3.05) is 17.9 Å². The molecule has 1 aromatic heterocycles. The number of amides is 1. The number of benzene rings is 1. The third-order valence-electron chi connectivity index (χ3n) is 3.28. The number of carbonyl (C=O) groups is 1. The molecule has 2 heterocycles. The zero-order chi connectivity index (χ0) is 16.9. The van der Waals surface area contributed by atoms with Gasteiger partial charge in [-0.25, -0.2) is 4.98 Å². The van der Waals surface area contributed by atoms with Crippen LogP contribution in [0, 0.1) is 0 Å². The molecule has 24 heavy (non-hydrogen) atoms. The quantitative estimate of drug-likeness (QED) is 0.614. The second-order valence-corrected chi connectivity index (χ2v) is 6.16. The number of nitrogens with one attached hydrogen (secondary N) is 2. The van der Waals surface area contributed by atoms with Crippen molar-refractivity contribution < 1.29 is 14.3 Å². The van der Waals surface area contributed by atoms with Crippen LogP contribution < -0.4 is 20.3 Å². The molecule has 8 heteroatoms. The number of ether oxygens (including phenoxy) is 2. The number of hydrogen-bond acceptors (Lipinski definition) is 6. The van der Waals surface area contributed by atoms with Gasteiger partial charge in [0.05, 0.1) is 5.75 Å². The maximum Gasteiger partial charge on any atom is 0.251 e. The van der Waals surface area contributed by atoms with Crippen LogP contribution in [0.2, 0.25) is 0 Å².